The molecule has 0 atom stereocenters. The molecular formula is C11H22N2O. The zero-order valence-electron chi connectivity index (χ0n) is 9.41. The Bertz CT molecular complexity index is 171. The van der Waals surface area contributed by atoms with Gasteiger partial charge in [-0.2, -0.15) is 0 Å². The maximum atomic E-state index is 5.56. The van der Waals surface area contributed by atoms with Gasteiger partial charge in [0.25, 0.3) is 0 Å². The minimum atomic E-state index is 0.729. The normalized spacial score (nSPS) is 15.6. The lowest BCUT2D eigenvalue weighted by molar-refractivity contribution is 0.0449. The van der Waals surface area contributed by atoms with Gasteiger partial charge in [-0.25, -0.2) is 0 Å². The summed E-state index contributed by atoms with van der Waals surface area (Å²) in [4.78, 5) is 4.31. The predicted octanol–water partition coefficient (Wildman–Crippen LogP) is 2.22. The van der Waals surface area contributed by atoms with Crippen molar-refractivity contribution in [2.24, 2.45) is 0 Å². The third kappa shape index (κ3) is 4.51. The number of hydrogen-bond acceptors (Lipinski definition) is 3. The molecule has 0 bridgehead atoms. The highest BCUT2D eigenvalue weighted by atomic mass is 16.5. The number of hydrogen-bond donors (Lipinski definition) is 0. The van der Waals surface area contributed by atoms with E-state index in [1.54, 1.807) is 0 Å². The molecule has 1 aliphatic heterocycles. The van der Waals surface area contributed by atoms with Crippen LogP contribution in [-0.2, 0) is 4.74 Å². The lowest BCUT2D eigenvalue weighted by Crippen LogP contribution is -2.24. The second-order valence-corrected chi connectivity index (χ2v) is 3.88. The van der Waals surface area contributed by atoms with E-state index in [0.29, 0.717) is 0 Å². The predicted molar refractivity (Wildman–Crippen MR) is 58.6 cm³/mol. The van der Waals surface area contributed by atoms with E-state index in [1.165, 1.54) is 25.7 Å². The summed E-state index contributed by atoms with van der Waals surface area (Å²) < 4.78 is 5.56. The van der Waals surface area contributed by atoms with Crippen molar-refractivity contribution in [3.05, 3.63) is 12.4 Å². The Labute approximate surface area is 87.3 Å². The first-order chi connectivity index (χ1) is 6.83. The lowest BCUT2D eigenvalue weighted by Gasteiger charge is -2.17. The maximum Gasteiger partial charge on any atom is 0.119 e. The van der Waals surface area contributed by atoms with Crippen LogP contribution in [0, 0.1) is 0 Å². The van der Waals surface area contributed by atoms with Crippen molar-refractivity contribution in [2.45, 2.75) is 32.6 Å². The van der Waals surface area contributed by atoms with Crippen LogP contribution in [0.3, 0.4) is 0 Å². The Morgan fingerprint density at radius 2 is 2.07 bits per heavy atom. The fourth-order valence-corrected chi connectivity index (χ4v) is 1.49. The Morgan fingerprint density at radius 1 is 1.21 bits per heavy atom. The van der Waals surface area contributed by atoms with E-state index in [4.69, 9.17) is 4.74 Å². The van der Waals surface area contributed by atoms with E-state index < -0.39 is 0 Å². The third-order valence-corrected chi connectivity index (χ3v) is 2.34. The smallest absolute Gasteiger partial charge is 0.119 e. The van der Waals surface area contributed by atoms with Crippen molar-refractivity contribution in [1.29, 1.82) is 0 Å². The molecule has 0 saturated carbocycles. The summed E-state index contributed by atoms with van der Waals surface area (Å²) in [5.74, 6) is 0. The third-order valence-electron chi connectivity index (χ3n) is 2.34. The molecule has 1 heterocycles. The molecule has 1 rings (SSSR count). The second kappa shape index (κ2) is 6.71. The summed E-state index contributed by atoms with van der Waals surface area (Å²) in [7, 11) is 2.07. The summed E-state index contributed by atoms with van der Waals surface area (Å²) in [5.41, 5.74) is 0. The minimum Gasteiger partial charge on any atom is -0.362 e. The van der Waals surface area contributed by atoms with E-state index >= 15 is 0 Å². The highest BCUT2D eigenvalue weighted by Crippen LogP contribution is 2.04. The highest BCUT2D eigenvalue weighted by Gasteiger charge is 2.06. The molecule has 14 heavy (non-hydrogen) atoms. The van der Waals surface area contributed by atoms with E-state index in [1.807, 2.05) is 0 Å². The average Bonchev–Trinajstić information content (AvgIpc) is 2.58. The first-order valence-electron chi connectivity index (χ1n) is 5.53. The van der Waals surface area contributed by atoms with E-state index in [9.17, 15) is 0 Å². The van der Waals surface area contributed by atoms with Crippen molar-refractivity contribution in [3.8, 4) is 0 Å². The van der Waals surface area contributed by atoms with Crippen LogP contribution in [-0.4, -0.2) is 36.9 Å². The van der Waals surface area contributed by atoms with Crippen LogP contribution in [0.15, 0.2) is 12.4 Å². The number of rotatable bonds is 7. The highest BCUT2D eigenvalue weighted by molar-refractivity contribution is 4.87. The van der Waals surface area contributed by atoms with Gasteiger partial charge in [0, 0.05) is 26.1 Å². The summed E-state index contributed by atoms with van der Waals surface area (Å²) in [5, 5.41) is 0. The van der Waals surface area contributed by atoms with Gasteiger partial charge in [-0.05, 0) is 6.42 Å². The molecule has 0 aliphatic carbocycles. The van der Waals surface area contributed by atoms with Crippen LogP contribution in [0.1, 0.15) is 32.6 Å². The summed E-state index contributed by atoms with van der Waals surface area (Å²) in [6.45, 7) is 4.81. The number of unbranched alkanes of at least 4 members (excludes halogenated alkanes) is 3. The summed E-state index contributed by atoms with van der Waals surface area (Å²) in [6.07, 6.45) is 9.26. The molecule has 3 nitrogen and oxygen atoms in total. The van der Waals surface area contributed by atoms with Gasteiger partial charge in [-0.3, -0.25) is 0 Å². The van der Waals surface area contributed by atoms with Gasteiger partial charge in [0.05, 0.1) is 6.67 Å². The van der Waals surface area contributed by atoms with Gasteiger partial charge in [0.2, 0.25) is 0 Å². The lowest BCUT2D eigenvalue weighted by atomic mass is 10.2. The number of nitrogens with zero attached hydrogens (tertiary/aromatic N) is 2. The molecule has 1 aliphatic rings. The van der Waals surface area contributed by atoms with Gasteiger partial charge in [-0.1, -0.05) is 26.2 Å². The largest absolute Gasteiger partial charge is 0.362 e. The molecule has 0 unspecified atom stereocenters. The van der Waals surface area contributed by atoms with Crippen molar-refractivity contribution in [3.63, 3.8) is 0 Å². The summed E-state index contributed by atoms with van der Waals surface area (Å²) >= 11 is 0. The standard InChI is InChI=1S/C11H22N2O/c1-3-4-5-6-9-14-11-13-8-7-12(2)10-13/h7-8H,3-6,9-11H2,1-2H3. The molecule has 0 N–H and O–H groups in total. The van der Waals surface area contributed by atoms with Crippen LogP contribution < -0.4 is 0 Å². The van der Waals surface area contributed by atoms with Gasteiger partial charge >= 0.3 is 0 Å². The molecule has 82 valence electrons. The summed E-state index contributed by atoms with van der Waals surface area (Å²) in [6, 6.07) is 0. The minimum absolute atomic E-state index is 0.729. The Balaban J connectivity index is 1.87. The van der Waals surface area contributed by atoms with Gasteiger partial charge in [0.1, 0.15) is 6.73 Å². The molecule has 0 spiro atoms. The molecule has 0 fully saturated rings. The molecule has 0 aromatic carbocycles. The monoisotopic (exact) mass is 198 g/mol. The van der Waals surface area contributed by atoms with Crippen LogP contribution in [0.25, 0.3) is 0 Å². The van der Waals surface area contributed by atoms with Crippen molar-refractivity contribution < 1.29 is 4.74 Å². The first kappa shape index (κ1) is 11.4. The quantitative estimate of drug-likeness (QED) is 0.583. The Kier molecular flexibility index (Phi) is 5.45. The van der Waals surface area contributed by atoms with Crippen LogP contribution in [0.4, 0.5) is 0 Å². The fraction of sp³-hybridized carbons (Fsp3) is 0.818. The Morgan fingerprint density at radius 3 is 2.71 bits per heavy atom. The van der Waals surface area contributed by atoms with E-state index in [2.05, 4.69) is 36.2 Å². The SMILES string of the molecule is CCCCCCOCN1C=CN(C)C1. The topological polar surface area (TPSA) is 15.7 Å². The zero-order chi connectivity index (χ0) is 10.2. The molecule has 0 saturated heterocycles. The van der Waals surface area contributed by atoms with Crippen molar-refractivity contribution in [2.75, 3.05) is 27.1 Å². The fourth-order valence-electron chi connectivity index (χ4n) is 1.49. The van der Waals surface area contributed by atoms with Gasteiger partial charge < -0.3 is 14.5 Å². The van der Waals surface area contributed by atoms with Crippen molar-refractivity contribution >= 4 is 0 Å². The van der Waals surface area contributed by atoms with Crippen LogP contribution in [0.5, 0.6) is 0 Å². The number of ether oxygens (including phenoxy) is 1. The molecule has 0 aromatic heterocycles. The van der Waals surface area contributed by atoms with Crippen LogP contribution in [0.2, 0.25) is 0 Å². The maximum absolute atomic E-state index is 5.56. The van der Waals surface area contributed by atoms with E-state index in [0.717, 1.165) is 20.0 Å². The first-order valence-corrected chi connectivity index (χ1v) is 5.53. The second-order valence-electron chi connectivity index (χ2n) is 3.88. The van der Waals surface area contributed by atoms with Gasteiger partial charge in [-0.15, -0.1) is 0 Å². The molecule has 0 radical (unpaired) electrons. The molecule has 3 heteroatoms. The van der Waals surface area contributed by atoms with Crippen LogP contribution >= 0.6 is 0 Å². The van der Waals surface area contributed by atoms with Gasteiger partial charge in [0.15, 0.2) is 0 Å². The molecular weight excluding hydrogens is 176 g/mol. The zero-order valence-corrected chi connectivity index (χ0v) is 9.41. The molecule has 0 aromatic rings. The van der Waals surface area contributed by atoms with Crippen molar-refractivity contribution in [1.82, 2.24) is 9.80 Å². The van der Waals surface area contributed by atoms with E-state index in [-0.39, 0.29) is 0 Å². The average molecular weight is 198 g/mol. The molecule has 0 amide bonds. The Hall–Kier alpha value is -0.700.